The van der Waals surface area contributed by atoms with Gasteiger partial charge in [0.1, 0.15) is 11.9 Å². The fourth-order valence-corrected chi connectivity index (χ4v) is 8.81. The van der Waals surface area contributed by atoms with Crippen molar-refractivity contribution in [3.63, 3.8) is 0 Å². The molecule has 244 valence electrons. The third-order valence-electron chi connectivity index (χ3n) is 11.3. The minimum Gasteiger partial charge on any atom is -0.485 e. The van der Waals surface area contributed by atoms with E-state index < -0.39 is 0 Å². The predicted octanol–water partition coefficient (Wildman–Crippen LogP) is 12.8. The van der Waals surface area contributed by atoms with E-state index in [0.29, 0.717) is 0 Å². The van der Waals surface area contributed by atoms with Crippen LogP contribution in [0.2, 0.25) is 0 Å². The largest absolute Gasteiger partial charge is 0.485 e. The molecule has 0 saturated heterocycles. The lowest BCUT2D eigenvalue weighted by Crippen LogP contribution is -2.19. The zero-order chi connectivity index (χ0) is 34.1. The average molecular weight is 656 g/mol. The van der Waals surface area contributed by atoms with Gasteiger partial charge in [0.05, 0.1) is 11.6 Å². The van der Waals surface area contributed by atoms with Crippen LogP contribution in [0.1, 0.15) is 42.0 Å². The fraction of sp³-hybridized carbons (Fsp3) is 0.102. The maximum atomic E-state index is 6.37. The molecule has 0 spiro atoms. The Hall–Kier alpha value is -6.12. The molecule has 0 saturated carbocycles. The van der Waals surface area contributed by atoms with Gasteiger partial charge in [-0.3, -0.25) is 0 Å². The molecular formula is C49H37NO. The molecule has 51 heavy (non-hydrogen) atoms. The standard InChI is InChI=1S/C49H37NO/c1-49(2)42-20-10-8-17-39(42)41-31-36(28-29-43(41)49)50(44-30-25-32-13-6-7-16-37(32)47(44)34-14-4-3-5-15-34)35-26-23-33(24-27-35)38-19-12-22-46-48(38)40-18-9-11-21-45(40)51-46/h3-31,46,48H,1-2H3. The van der Waals surface area contributed by atoms with E-state index in [1.165, 1.54) is 60.9 Å². The first-order chi connectivity index (χ1) is 25.1. The predicted molar refractivity (Wildman–Crippen MR) is 212 cm³/mol. The lowest BCUT2D eigenvalue weighted by Gasteiger charge is -2.30. The Kier molecular flexibility index (Phi) is 6.69. The highest BCUT2D eigenvalue weighted by atomic mass is 16.5. The van der Waals surface area contributed by atoms with Gasteiger partial charge in [-0.25, -0.2) is 0 Å². The van der Waals surface area contributed by atoms with Crippen LogP contribution in [0, 0.1) is 0 Å². The Morgan fingerprint density at radius 2 is 1.31 bits per heavy atom. The van der Waals surface area contributed by atoms with Crippen molar-refractivity contribution in [2.24, 2.45) is 0 Å². The molecule has 10 rings (SSSR count). The third kappa shape index (κ3) is 4.63. The van der Waals surface area contributed by atoms with Crippen LogP contribution in [0.5, 0.6) is 5.75 Å². The normalized spacial score (nSPS) is 17.6. The molecule has 3 aliphatic rings. The van der Waals surface area contributed by atoms with Gasteiger partial charge in [-0.2, -0.15) is 0 Å². The quantitative estimate of drug-likeness (QED) is 0.183. The second kappa shape index (κ2) is 11.5. The van der Waals surface area contributed by atoms with Crippen LogP contribution in [0.4, 0.5) is 17.1 Å². The molecule has 0 bridgehead atoms. The minimum atomic E-state index is -0.0579. The first-order valence-electron chi connectivity index (χ1n) is 17.9. The zero-order valence-corrected chi connectivity index (χ0v) is 28.8. The molecule has 1 heterocycles. The van der Waals surface area contributed by atoms with E-state index in [9.17, 15) is 0 Å². The number of nitrogens with zero attached hydrogens (tertiary/aromatic N) is 1. The summed E-state index contributed by atoms with van der Waals surface area (Å²) in [6.07, 6.45) is 6.61. The summed E-state index contributed by atoms with van der Waals surface area (Å²) in [6.45, 7) is 4.69. The first-order valence-corrected chi connectivity index (χ1v) is 17.9. The van der Waals surface area contributed by atoms with Crippen molar-refractivity contribution in [1.82, 2.24) is 0 Å². The van der Waals surface area contributed by atoms with Gasteiger partial charge in [-0.05, 0) is 92.2 Å². The van der Waals surface area contributed by atoms with Gasteiger partial charge in [-0.1, -0.05) is 147 Å². The van der Waals surface area contributed by atoms with E-state index in [1.54, 1.807) is 0 Å². The smallest absolute Gasteiger partial charge is 0.128 e. The van der Waals surface area contributed by atoms with Gasteiger partial charge in [0.25, 0.3) is 0 Å². The molecule has 0 N–H and O–H groups in total. The van der Waals surface area contributed by atoms with Crippen LogP contribution in [0.15, 0.2) is 176 Å². The van der Waals surface area contributed by atoms with Crippen molar-refractivity contribution in [3.05, 3.63) is 198 Å². The summed E-state index contributed by atoms with van der Waals surface area (Å²) >= 11 is 0. The van der Waals surface area contributed by atoms with Crippen LogP contribution >= 0.6 is 0 Å². The molecule has 0 fully saturated rings. The molecule has 1 aliphatic heterocycles. The maximum Gasteiger partial charge on any atom is 0.128 e. The molecule has 2 atom stereocenters. The second-order valence-electron chi connectivity index (χ2n) is 14.4. The van der Waals surface area contributed by atoms with E-state index in [0.717, 1.165) is 22.8 Å². The highest BCUT2D eigenvalue weighted by molar-refractivity contribution is 6.05. The van der Waals surface area contributed by atoms with Gasteiger partial charge in [0.15, 0.2) is 0 Å². The number of anilines is 3. The summed E-state index contributed by atoms with van der Waals surface area (Å²) in [5, 5.41) is 2.46. The van der Waals surface area contributed by atoms with E-state index in [-0.39, 0.29) is 17.4 Å². The Balaban J connectivity index is 1.16. The number of fused-ring (bicyclic) bond motifs is 7. The molecule has 0 amide bonds. The lowest BCUT2D eigenvalue weighted by molar-refractivity contribution is 0.271. The van der Waals surface area contributed by atoms with Crippen LogP contribution in [0.25, 0.3) is 38.6 Å². The summed E-state index contributed by atoms with van der Waals surface area (Å²) in [6, 6.07) is 57.8. The number of hydrogen-bond acceptors (Lipinski definition) is 2. The van der Waals surface area contributed by atoms with Crippen molar-refractivity contribution in [2.75, 3.05) is 4.90 Å². The third-order valence-corrected chi connectivity index (χ3v) is 11.3. The van der Waals surface area contributed by atoms with E-state index in [4.69, 9.17) is 4.74 Å². The Morgan fingerprint density at radius 3 is 2.20 bits per heavy atom. The van der Waals surface area contributed by atoms with Crippen LogP contribution in [-0.4, -0.2) is 6.10 Å². The van der Waals surface area contributed by atoms with Gasteiger partial charge < -0.3 is 9.64 Å². The molecule has 7 aromatic carbocycles. The summed E-state index contributed by atoms with van der Waals surface area (Å²) in [5.74, 6) is 1.16. The number of ether oxygens (including phenoxy) is 1. The van der Waals surface area contributed by atoms with Crippen molar-refractivity contribution in [1.29, 1.82) is 0 Å². The van der Waals surface area contributed by atoms with Crippen LogP contribution in [0.3, 0.4) is 0 Å². The molecule has 2 nitrogen and oxygen atoms in total. The molecule has 2 heteroatoms. The van der Waals surface area contributed by atoms with Crippen LogP contribution in [-0.2, 0) is 5.41 Å². The Morgan fingerprint density at radius 1 is 0.588 bits per heavy atom. The van der Waals surface area contributed by atoms with Crippen molar-refractivity contribution < 1.29 is 4.74 Å². The lowest BCUT2D eigenvalue weighted by atomic mass is 9.81. The zero-order valence-electron chi connectivity index (χ0n) is 28.8. The van der Waals surface area contributed by atoms with Crippen molar-refractivity contribution in [2.45, 2.75) is 31.3 Å². The molecule has 2 aliphatic carbocycles. The Labute approximate surface area is 299 Å². The summed E-state index contributed by atoms with van der Waals surface area (Å²) in [5.41, 5.74) is 14.9. The highest BCUT2D eigenvalue weighted by Crippen LogP contribution is 2.52. The molecule has 7 aromatic rings. The van der Waals surface area contributed by atoms with Gasteiger partial charge in [0.2, 0.25) is 0 Å². The molecule has 0 radical (unpaired) electrons. The summed E-state index contributed by atoms with van der Waals surface area (Å²) in [7, 11) is 0. The average Bonchev–Trinajstić information content (AvgIpc) is 3.67. The fourth-order valence-electron chi connectivity index (χ4n) is 8.81. The summed E-state index contributed by atoms with van der Waals surface area (Å²) < 4.78 is 6.37. The summed E-state index contributed by atoms with van der Waals surface area (Å²) in [4.78, 5) is 2.46. The van der Waals surface area contributed by atoms with Gasteiger partial charge in [-0.15, -0.1) is 0 Å². The van der Waals surface area contributed by atoms with Crippen molar-refractivity contribution >= 4 is 33.4 Å². The van der Waals surface area contributed by atoms with E-state index in [1.807, 2.05) is 0 Å². The molecule has 0 aromatic heterocycles. The van der Waals surface area contributed by atoms with Crippen LogP contribution < -0.4 is 9.64 Å². The van der Waals surface area contributed by atoms with Gasteiger partial charge in [0, 0.05) is 27.9 Å². The number of para-hydroxylation sites is 1. The van der Waals surface area contributed by atoms with E-state index in [2.05, 4.69) is 195 Å². The number of hydrogen-bond donors (Lipinski definition) is 0. The van der Waals surface area contributed by atoms with Crippen molar-refractivity contribution in [3.8, 4) is 28.0 Å². The van der Waals surface area contributed by atoms with E-state index >= 15 is 0 Å². The Bertz CT molecular complexity index is 2540. The van der Waals surface area contributed by atoms with Gasteiger partial charge >= 0.3 is 0 Å². The maximum absolute atomic E-state index is 6.37. The monoisotopic (exact) mass is 655 g/mol. The first kappa shape index (κ1) is 29.8. The number of rotatable bonds is 5. The number of allylic oxidation sites excluding steroid dienone is 2. The number of benzene rings is 7. The SMILES string of the molecule is CC1(C)c2ccccc2-c2cc(N(c3ccc(C4=CC=CC5Oc6ccccc6C45)cc3)c3ccc4ccccc4c3-c3ccccc3)ccc21. The highest BCUT2D eigenvalue weighted by Gasteiger charge is 2.38. The minimum absolute atomic E-state index is 0.0168. The second-order valence-corrected chi connectivity index (χ2v) is 14.4. The topological polar surface area (TPSA) is 12.5 Å². The molecular weight excluding hydrogens is 619 g/mol. The molecule has 2 unspecified atom stereocenters.